The largest absolute Gasteiger partial charge is 0.434 e. The minimum Gasteiger partial charge on any atom is -0.434 e. The highest BCUT2D eigenvalue weighted by molar-refractivity contribution is 5.96. The molecule has 0 aliphatic carbocycles. The molecule has 1 heterocycles. The molecule has 9 nitrogen and oxygen atoms in total. The SMILES string of the molecule is Cc1ccccc1C(=O)NNc1ncnc(Oc2ccccc2)c1[N+](=O)[O-]. The summed E-state index contributed by atoms with van der Waals surface area (Å²) in [7, 11) is 0. The number of nitrogens with one attached hydrogen (secondary N) is 2. The number of hydrazine groups is 1. The predicted molar refractivity (Wildman–Crippen MR) is 97.5 cm³/mol. The summed E-state index contributed by atoms with van der Waals surface area (Å²) in [4.78, 5) is 30.8. The second kappa shape index (κ2) is 7.91. The molecule has 2 N–H and O–H groups in total. The Labute approximate surface area is 154 Å². The van der Waals surface area contributed by atoms with Crippen LogP contribution in [0.25, 0.3) is 0 Å². The van der Waals surface area contributed by atoms with Crippen molar-refractivity contribution in [3.8, 4) is 11.6 Å². The van der Waals surface area contributed by atoms with Gasteiger partial charge in [-0.25, -0.2) is 4.98 Å². The lowest BCUT2D eigenvalue weighted by Gasteiger charge is -2.11. The number of para-hydroxylation sites is 1. The van der Waals surface area contributed by atoms with Gasteiger partial charge >= 0.3 is 11.6 Å². The van der Waals surface area contributed by atoms with E-state index in [1.807, 2.05) is 6.07 Å². The first-order valence-electron chi connectivity index (χ1n) is 7.90. The monoisotopic (exact) mass is 365 g/mol. The summed E-state index contributed by atoms with van der Waals surface area (Å²) in [6.07, 6.45) is 1.10. The molecular weight excluding hydrogens is 350 g/mol. The second-order valence-corrected chi connectivity index (χ2v) is 5.44. The molecule has 1 amide bonds. The third-order valence-electron chi connectivity index (χ3n) is 3.61. The number of aromatic nitrogens is 2. The standard InChI is InChI=1S/C18H15N5O4/c1-12-7-5-6-10-14(12)17(24)22-21-16-15(23(25)26)18(20-11-19-16)27-13-8-3-2-4-9-13/h2-11H,1H3,(H,22,24)(H,19,20,21). The van der Waals surface area contributed by atoms with Gasteiger partial charge in [-0.1, -0.05) is 36.4 Å². The second-order valence-electron chi connectivity index (χ2n) is 5.44. The molecule has 0 unspecified atom stereocenters. The van der Waals surface area contributed by atoms with Crippen molar-refractivity contribution in [2.75, 3.05) is 5.43 Å². The number of amides is 1. The summed E-state index contributed by atoms with van der Waals surface area (Å²) < 4.78 is 5.48. The first-order chi connectivity index (χ1) is 13.1. The highest BCUT2D eigenvalue weighted by Gasteiger charge is 2.25. The van der Waals surface area contributed by atoms with E-state index in [0.29, 0.717) is 11.3 Å². The maximum atomic E-state index is 12.3. The molecule has 0 spiro atoms. The molecule has 0 aliphatic heterocycles. The zero-order valence-corrected chi connectivity index (χ0v) is 14.2. The number of carbonyl (C=O) groups excluding carboxylic acids is 1. The van der Waals surface area contributed by atoms with Crippen LogP contribution in [0.2, 0.25) is 0 Å². The lowest BCUT2D eigenvalue weighted by atomic mass is 10.1. The zero-order valence-electron chi connectivity index (χ0n) is 14.2. The van der Waals surface area contributed by atoms with E-state index in [-0.39, 0.29) is 11.7 Å². The van der Waals surface area contributed by atoms with Crippen molar-refractivity contribution in [1.82, 2.24) is 15.4 Å². The molecule has 0 bridgehead atoms. The molecule has 136 valence electrons. The Kier molecular flexibility index (Phi) is 5.22. The minimum atomic E-state index is -0.680. The maximum Gasteiger partial charge on any atom is 0.374 e. The van der Waals surface area contributed by atoms with Gasteiger partial charge in [-0.05, 0) is 30.7 Å². The van der Waals surface area contributed by atoms with Crippen LogP contribution in [0.4, 0.5) is 11.5 Å². The number of carbonyl (C=O) groups is 1. The Hall–Kier alpha value is -4.01. The molecular formula is C18H15N5O4. The van der Waals surface area contributed by atoms with Gasteiger partial charge in [-0.3, -0.25) is 25.8 Å². The van der Waals surface area contributed by atoms with Crippen molar-refractivity contribution in [1.29, 1.82) is 0 Å². The van der Waals surface area contributed by atoms with Crippen molar-refractivity contribution >= 4 is 17.4 Å². The maximum absolute atomic E-state index is 12.3. The number of ether oxygens (including phenoxy) is 1. The first-order valence-corrected chi connectivity index (χ1v) is 7.90. The van der Waals surface area contributed by atoms with Crippen LogP contribution in [0.1, 0.15) is 15.9 Å². The van der Waals surface area contributed by atoms with E-state index in [2.05, 4.69) is 20.8 Å². The van der Waals surface area contributed by atoms with Crippen LogP contribution in [0.3, 0.4) is 0 Å². The topological polar surface area (TPSA) is 119 Å². The fraction of sp³-hybridized carbons (Fsp3) is 0.0556. The molecule has 0 fully saturated rings. The number of hydrogen-bond donors (Lipinski definition) is 2. The molecule has 0 atom stereocenters. The number of rotatable bonds is 6. The smallest absolute Gasteiger partial charge is 0.374 e. The van der Waals surface area contributed by atoms with Crippen LogP contribution in [-0.2, 0) is 0 Å². The van der Waals surface area contributed by atoms with Gasteiger partial charge in [0.2, 0.25) is 5.82 Å². The van der Waals surface area contributed by atoms with Crippen molar-refractivity contribution in [2.45, 2.75) is 6.92 Å². The third kappa shape index (κ3) is 4.15. The van der Waals surface area contributed by atoms with E-state index in [1.54, 1.807) is 55.5 Å². The summed E-state index contributed by atoms with van der Waals surface area (Å²) in [5.41, 5.74) is 5.58. The molecule has 27 heavy (non-hydrogen) atoms. The fourth-order valence-corrected chi connectivity index (χ4v) is 2.30. The summed E-state index contributed by atoms with van der Waals surface area (Å²) >= 11 is 0. The molecule has 0 saturated heterocycles. The van der Waals surface area contributed by atoms with Crippen LogP contribution in [-0.4, -0.2) is 20.8 Å². The molecule has 0 radical (unpaired) electrons. The number of aryl methyl sites for hydroxylation is 1. The van der Waals surface area contributed by atoms with Gasteiger partial charge in [0, 0.05) is 5.56 Å². The first kappa shape index (κ1) is 17.8. The average molecular weight is 365 g/mol. The van der Waals surface area contributed by atoms with Crippen LogP contribution in [0, 0.1) is 17.0 Å². The van der Waals surface area contributed by atoms with Gasteiger partial charge in [0.25, 0.3) is 5.91 Å². The molecule has 3 rings (SSSR count). The molecule has 0 saturated carbocycles. The number of hydrogen-bond acceptors (Lipinski definition) is 7. The zero-order chi connectivity index (χ0) is 19.2. The van der Waals surface area contributed by atoms with Crippen LogP contribution >= 0.6 is 0 Å². The molecule has 2 aromatic carbocycles. The fourth-order valence-electron chi connectivity index (χ4n) is 2.30. The van der Waals surface area contributed by atoms with Gasteiger partial charge in [-0.2, -0.15) is 4.98 Å². The summed E-state index contributed by atoms with van der Waals surface area (Å²) in [6, 6.07) is 15.5. The van der Waals surface area contributed by atoms with Crippen LogP contribution in [0.5, 0.6) is 11.6 Å². The Bertz CT molecular complexity index is 978. The van der Waals surface area contributed by atoms with Gasteiger partial charge in [0.15, 0.2) is 0 Å². The van der Waals surface area contributed by atoms with Crippen molar-refractivity contribution in [3.63, 3.8) is 0 Å². The normalized spacial score (nSPS) is 10.1. The Morgan fingerprint density at radius 3 is 2.48 bits per heavy atom. The van der Waals surface area contributed by atoms with Gasteiger partial charge in [0.1, 0.15) is 12.1 Å². The van der Waals surface area contributed by atoms with E-state index >= 15 is 0 Å². The van der Waals surface area contributed by atoms with E-state index in [1.165, 1.54) is 0 Å². The average Bonchev–Trinajstić information content (AvgIpc) is 2.67. The van der Waals surface area contributed by atoms with Gasteiger partial charge in [0.05, 0.1) is 4.92 Å². The predicted octanol–water partition coefficient (Wildman–Crippen LogP) is 3.24. The molecule has 0 aliphatic rings. The number of nitro groups is 1. The number of anilines is 1. The van der Waals surface area contributed by atoms with Crippen molar-refractivity contribution in [2.24, 2.45) is 0 Å². The van der Waals surface area contributed by atoms with Crippen molar-refractivity contribution in [3.05, 3.63) is 82.2 Å². The Morgan fingerprint density at radius 2 is 1.78 bits per heavy atom. The van der Waals surface area contributed by atoms with E-state index in [0.717, 1.165) is 11.9 Å². The molecule has 9 heteroatoms. The summed E-state index contributed by atoms with van der Waals surface area (Å²) in [5, 5.41) is 11.5. The van der Waals surface area contributed by atoms with E-state index < -0.39 is 16.5 Å². The highest BCUT2D eigenvalue weighted by Crippen LogP contribution is 2.33. The highest BCUT2D eigenvalue weighted by atomic mass is 16.6. The molecule has 3 aromatic rings. The minimum absolute atomic E-state index is 0.192. The van der Waals surface area contributed by atoms with E-state index in [4.69, 9.17) is 4.74 Å². The summed E-state index contributed by atoms with van der Waals surface area (Å²) in [5.74, 6) is -0.502. The van der Waals surface area contributed by atoms with Gasteiger partial charge < -0.3 is 4.74 Å². The lowest BCUT2D eigenvalue weighted by molar-refractivity contribution is -0.385. The van der Waals surface area contributed by atoms with Crippen LogP contribution in [0.15, 0.2) is 60.9 Å². The Morgan fingerprint density at radius 1 is 1.07 bits per heavy atom. The van der Waals surface area contributed by atoms with Gasteiger partial charge in [-0.15, -0.1) is 0 Å². The number of benzene rings is 2. The number of nitrogens with zero attached hydrogens (tertiary/aromatic N) is 3. The van der Waals surface area contributed by atoms with Crippen LogP contribution < -0.4 is 15.6 Å². The quantitative estimate of drug-likeness (QED) is 0.508. The van der Waals surface area contributed by atoms with Crippen molar-refractivity contribution < 1.29 is 14.5 Å². The van der Waals surface area contributed by atoms with E-state index in [9.17, 15) is 14.9 Å². The lowest BCUT2D eigenvalue weighted by Crippen LogP contribution is -2.30. The summed E-state index contributed by atoms with van der Waals surface area (Å²) in [6.45, 7) is 1.79. The Balaban J connectivity index is 1.83. The molecule has 1 aromatic heterocycles. The third-order valence-corrected chi connectivity index (χ3v) is 3.61.